The maximum Gasteiger partial charge on any atom is 0.321 e. The van der Waals surface area contributed by atoms with Crippen LogP contribution in [0.4, 0.5) is 9.18 Å². The number of carbonyl (C=O) groups excluding carboxylic acids is 2. The highest BCUT2D eigenvalue weighted by Gasteiger charge is 2.15. The van der Waals surface area contributed by atoms with Gasteiger partial charge in [0.1, 0.15) is 5.82 Å². The molecule has 6 heteroatoms. The van der Waals surface area contributed by atoms with Crippen molar-refractivity contribution in [2.75, 3.05) is 20.6 Å². The summed E-state index contributed by atoms with van der Waals surface area (Å²) < 4.78 is 12.8. The van der Waals surface area contributed by atoms with Crippen molar-refractivity contribution in [3.63, 3.8) is 0 Å². The van der Waals surface area contributed by atoms with Crippen LogP contribution in [0.15, 0.2) is 24.3 Å². The fourth-order valence-electron chi connectivity index (χ4n) is 1.59. The molecule has 0 radical (unpaired) electrons. The van der Waals surface area contributed by atoms with E-state index in [0.717, 1.165) is 5.56 Å². The number of likely N-dealkylation sites (N-methyl/N-ethyl adjacent to an activating group) is 1. The van der Waals surface area contributed by atoms with Crippen LogP contribution in [0.3, 0.4) is 0 Å². The lowest BCUT2D eigenvalue weighted by molar-refractivity contribution is -0.121. The number of nitrogens with one attached hydrogen (secondary N) is 2. The second-order valence-corrected chi connectivity index (χ2v) is 4.27. The van der Waals surface area contributed by atoms with E-state index < -0.39 is 11.9 Å². The van der Waals surface area contributed by atoms with Crippen molar-refractivity contribution in [3.05, 3.63) is 35.6 Å². The SMILES string of the molecule is CNC(=O)NC(=O)CN(C)C(C)c1ccc(F)cc1. The molecule has 0 aliphatic heterocycles. The third kappa shape index (κ3) is 4.67. The van der Waals surface area contributed by atoms with Gasteiger partial charge in [0.05, 0.1) is 6.54 Å². The Balaban J connectivity index is 2.57. The molecular formula is C13H18FN3O2. The van der Waals surface area contributed by atoms with Gasteiger partial charge in [-0.2, -0.15) is 0 Å². The molecular weight excluding hydrogens is 249 g/mol. The first-order valence-corrected chi connectivity index (χ1v) is 5.91. The van der Waals surface area contributed by atoms with Crippen molar-refractivity contribution >= 4 is 11.9 Å². The Morgan fingerprint density at radius 3 is 2.42 bits per heavy atom. The van der Waals surface area contributed by atoms with Crippen LogP contribution in [0, 0.1) is 5.82 Å². The summed E-state index contributed by atoms with van der Waals surface area (Å²) in [7, 11) is 3.20. The summed E-state index contributed by atoms with van der Waals surface area (Å²) in [6.07, 6.45) is 0. The number of benzene rings is 1. The van der Waals surface area contributed by atoms with Crippen molar-refractivity contribution in [1.82, 2.24) is 15.5 Å². The molecule has 1 unspecified atom stereocenters. The van der Waals surface area contributed by atoms with Gasteiger partial charge in [-0.3, -0.25) is 15.0 Å². The molecule has 0 aliphatic rings. The van der Waals surface area contributed by atoms with Gasteiger partial charge >= 0.3 is 6.03 Å². The van der Waals surface area contributed by atoms with E-state index in [9.17, 15) is 14.0 Å². The van der Waals surface area contributed by atoms with Crippen LogP contribution in [-0.2, 0) is 4.79 Å². The molecule has 0 aliphatic carbocycles. The predicted octanol–water partition coefficient (Wildman–Crippen LogP) is 1.27. The zero-order chi connectivity index (χ0) is 14.4. The largest absolute Gasteiger partial charge is 0.341 e. The van der Waals surface area contributed by atoms with E-state index in [0.29, 0.717) is 0 Å². The highest BCUT2D eigenvalue weighted by Crippen LogP contribution is 2.18. The van der Waals surface area contributed by atoms with Crippen molar-refractivity contribution in [3.8, 4) is 0 Å². The minimum Gasteiger partial charge on any atom is -0.341 e. The van der Waals surface area contributed by atoms with E-state index in [1.807, 2.05) is 6.92 Å². The van der Waals surface area contributed by atoms with Gasteiger partial charge in [-0.25, -0.2) is 9.18 Å². The summed E-state index contributed by atoms with van der Waals surface area (Å²) in [5.41, 5.74) is 0.900. The molecule has 0 heterocycles. The molecule has 5 nitrogen and oxygen atoms in total. The van der Waals surface area contributed by atoms with E-state index in [-0.39, 0.29) is 18.4 Å². The topological polar surface area (TPSA) is 61.4 Å². The van der Waals surface area contributed by atoms with Gasteiger partial charge in [-0.1, -0.05) is 12.1 Å². The van der Waals surface area contributed by atoms with Crippen LogP contribution in [0.5, 0.6) is 0 Å². The summed E-state index contributed by atoms with van der Waals surface area (Å²) in [6, 6.07) is 5.51. The molecule has 0 fully saturated rings. The Kier molecular flexibility index (Phi) is 5.44. The third-order valence-electron chi connectivity index (χ3n) is 2.89. The van der Waals surface area contributed by atoms with Gasteiger partial charge in [-0.05, 0) is 31.7 Å². The fourth-order valence-corrected chi connectivity index (χ4v) is 1.59. The smallest absolute Gasteiger partial charge is 0.321 e. The number of carbonyl (C=O) groups is 2. The average molecular weight is 267 g/mol. The summed E-state index contributed by atoms with van der Waals surface area (Å²) in [5, 5.41) is 4.49. The summed E-state index contributed by atoms with van der Waals surface area (Å²) >= 11 is 0. The molecule has 1 rings (SSSR count). The highest BCUT2D eigenvalue weighted by molar-refractivity contribution is 5.95. The number of halogens is 1. The van der Waals surface area contributed by atoms with Crippen LogP contribution < -0.4 is 10.6 Å². The van der Waals surface area contributed by atoms with E-state index in [4.69, 9.17) is 0 Å². The lowest BCUT2D eigenvalue weighted by Crippen LogP contribution is -2.43. The Morgan fingerprint density at radius 2 is 1.89 bits per heavy atom. The first-order chi connectivity index (χ1) is 8.93. The van der Waals surface area contributed by atoms with Crippen molar-refractivity contribution in [2.45, 2.75) is 13.0 Å². The van der Waals surface area contributed by atoms with E-state index in [1.54, 1.807) is 24.1 Å². The minimum atomic E-state index is -0.534. The van der Waals surface area contributed by atoms with E-state index >= 15 is 0 Å². The zero-order valence-electron chi connectivity index (χ0n) is 11.2. The van der Waals surface area contributed by atoms with Crippen molar-refractivity contribution < 1.29 is 14.0 Å². The Bertz CT molecular complexity index is 448. The van der Waals surface area contributed by atoms with Gasteiger partial charge in [0.15, 0.2) is 0 Å². The van der Waals surface area contributed by atoms with Crippen molar-refractivity contribution in [2.24, 2.45) is 0 Å². The lowest BCUT2D eigenvalue weighted by atomic mass is 10.1. The molecule has 1 aromatic rings. The second kappa shape index (κ2) is 6.84. The third-order valence-corrected chi connectivity index (χ3v) is 2.89. The normalized spacial score (nSPS) is 12.1. The standard InChI is InChI=1S/C13H18FN3O2/c1-9(10-4-6-11(14)7-5-10)17(3)8-12(18)16-13(19)15-2/h4-7,9H,8H2,1-3H3,(H2,15,16,18,19). The molecule has 19 heavy (non-hydrogen) atoms. The van der Waals surface area contributed by atoms with E-state index in [2.05, 4.69) is 10.6 Å². The monoisotopic (exact) mass is 267 g/mol. The quantitative estimate of drug-likeness (QED) is 0.863. The molecule has 0 bridgehead atoms. The number of imide groups is 1. The van der Waals surface area contributed by atoms with Gasteiger partial charge in [0.25, 0.3) is 0 Å². The lowest BCUT2D eigenvalue weighted by Gasteiger charge is -2.24. The van der Waals surface area contributed by atoms with Gasteiger partial charge < -0.3 is 5.32 Å². The molecule has 1 atom stereocenters. The number of hydrogen-bond donors (Lipinski definition) is 2. The molecule has 0 aromatic heterocycles. The number of hydrogen-bond acceptors (Lipinski definition) is 3. The number of amides is 3. The maximum absolute atomic E-state index is 12.8. The van der Waals surface area contributed by atoms with E-state index in [1.165, 1.54) is 19.2 Å². The Hall–Kier alpha value is -1.95. The number of rotatable bonds is 4. The second-order valence-electron chi connectivity index (χ2n) is 4.27. The first kappa shape index (κ1) is 15.1. The molecule has 0 saturated heterocycles. The molecule has 104 valence electrons. The van der Waals surface area contributed by atoms with Crippen LogP contribution in [0.1, 0.15) is 18.5 Å². The van der Waals surface area contributed by atoms with Crippen LogP contribution in [-0.4, -0.2) is 37.5 Å². The number of urea groups is 1. The maximum atomic E-state index is 12.8. The number of nitrogens with zero attached hydrogens (tertiary/aromatic N) is 1. The Morgan fingerprint density at radius 1 is 1.32 bits per heavy atom. The average Bonchev–Trinajstić information content (AvgIpc) is 2.38. The Labute approximate surface area is 111 Å². The molecule has 2 N–H and O–H groups in total. The minimum absolute atomic E-state index is 0.0592. The van der Waals surface area contributed by atoms with Crippen LogP contribution in [0.2, 0.25) is 0 Å². The fraction of sp³-hybridized carbons (Fsp3) is 0.385. The van der Waals surface area contributed by atoms with Gasteiger partial charge in [0, 0.05) is 13.1 Å². The molecule has 0 spiro atoms. The van der Waals surface area contributed by atoms with Gasteiger partial charge in [0.2, 0.25) is 5.91 Å². The first-order valence-electron chi connectivity index (χ1n) is 5.91. The predicted molar refractivity (Wildman–Crippen MR) is 70.0 cm³/mol. The van der Waals surface area contributed by atoms with Gasteiger partial charge in [-0.15, -0.1) is 0 Å². The summed E-state index contributed by atoms with van der Waals surface area (Å²) in [4.78, 5) is 24.3. The highest BCUT2D eigenvalue weighted by atomic mass is 19.1. The van der Waals surface area contributed by atoms with Crippen LogP contribution >= 0.6 is 0 Å². The summed E-state index contributed by atoms with van der Waals surface area (Å²) in [6.45, 7) is 1.98. The van der Waals surface area contributed by atoms with Crippen LogP contribution in [0.25, 0.3) is 0 Å². The van der Waals surface area contributed by atoms with Crippen molar-refractivity contribution in [1.29, 1.82) is 0 Å². The zero-order valence-corrected chi connectivity index (χ0v) is 11.2. The molecule has 1 aromatic carbocycles. The molecule has 3 amide bonds. The molecule has 0 saturated carbocycles. The summed E-state index contributed by atoms with van der Waals surface area (Å²) in [5.74, 6) is -0.688.